The van der Waals surface area contributed by atoms with Crippen LogP contribution in [-0.4, -0.2) is 28.2 Å². The van der Waals surface area contributed by atoms with E-state index in [0.29, 0.717) is 0 Å². The fourth-order valence-electron chi connectivity index (χ4n) is 3.87. The lowest BCUT2D eigenvalue weighted by Gasteiger charge is -2.23. The highest BCUT2D eigenvalue weighted by atomic mass is 15.1. The molecule has 0 aliphatic rings. The normalized spacial score (nSPS) is 11.0. The third-order valence-corrected chi connectivity index (χ3v) is 5.71. The van der Waals surface area contributed by atoms with Crippen molar-refractivity contribution < 1.29 is 0 Å². The lowest BCUT2D eigenvalue weighted by atomic mass is 9.83. The Morgan fingerprint density at radius 2 is 0.931 bits per heavy atom. The first-order chi connectivity index (χ1) is 13.9. The second-order valence-corrected chi connectivity index (χ2v) is 8.19. The van der Waals surface area contributed by atoms with Crippen LogP contribution in [0.25, 0.3) is 0 Å². The van der Waals surface area contributed by atoms with Gasteiger partial charge < -0.3 is 9.80 Å². The molecular formula is C27H34N2. The van der Waals surface area contributed by atoms with E-state index >= 15 is 0 Å². The molecule has 29 heavy (non-hydrogen) atoms. The van der Waals surface area contributed by atoms with Gasteiger partial charge in [0, 0.05) is 45.5 Å². The van der Waals surface area contributed by atoms with Crippen LogP contribution in [0, 0.1) is 0 Å². The number of rotatable bonds is 7. The van der Waals surface area contributed by atoms with E-state index in [1.54, 1.807) is 0 Å². The van der Waals surface area contributed by atoms with Gasteiger partial charge in [0.05, 0.1) is 0 Å². The topological polar surface area (TPSA) is 6.48 Å². The minimum Gasteiger partial charge on any atom is -0.378 e. The van der Waals surface area contributed by atoms with E-state index in [1.807, 2.05) is 0 Å². The van der Waals surface area contributed by atoms with Gasteiger partial charge in [-0.05, 0) is 64.9 Å². The zero-order chi connectivity index (χ0) is 21.0. The molecule has 0 aliphatic carbocycles. The van der Waals surface area contributed by atoms with Crippen molar-refractivity contribution in [1.29, 1.82) is 0 Å². The van der Waals surface area contributed by atoms with E-state index in [4.69, 9.17) is 0 Å². The molecule has 3 aromatic carbocycles. The van der Waals surface area contributed by atoms with Gasteiger partial charge in [-0.15, -0.1) is 0 Å². The summed E-state index contributed by atoms with van der Waals surface area (Å²) in [6, 6.07) is 25.2. The first kappa shape index (κ1) is 21.0. The summed E-state index contributed by atoms with van der Waals surface area (Å²) in [5.41, 5.74) is 9.35. The van der Waals surface area contributed by atoms with E-state index in [9.17, 15) is 0 Å². The van der Waals surface area contributed by atoms with Crippen molar-refractivity contribution in [3.05, 3.63) is 94.5 Å². The Morgan fingerprint density at radius 1 is 0.552 bits per heavy atom. The fourth-order valence-corrected chi connectivity index (χ4v) is 3.87. The molecule has 0 N–H and O–H groups in total. The van der Waals surface area contributed by atoms with Gasteiger partial charge in [-0.3, -0.25) is 0 Å². The molecule has 0 fully saturated rings. The predicted molar refractivity (Wildman–Crippen MR) is 128 cm³/mol. The molecule has 0 unspecified atom stereocenters. The third kappa shape index (κ3) is 4.82. The number of hydrogen-bond acceptors (Lipinski definition) is 2. The summed E-state index contributed by atoms with van der Waals surface area (Å²) in [5, 5.41) is 0. The van der Waals surface area contributed by atoms with Crippen LogP contribution in [-0.2, 0) is 12.8 Å². The quantitative estimate of drug-likeness (QED) is 0.451. The Bertz CT molecular complexity index is 848. The molecule has 0 saturated heterocycles. The summed E-state index contributed by atoms with van der Waals surface area (Å²) in [4.78, 5) is 4.30. The molecule has 0 spiro atoms. The molecular weight excluding hydrogens is 352 g/mol. The average molecular weight is 387 g/mol. The van der Waals surface area contributed by atoms with Gasteiger partial charge in [0.25, 0.3) is 0 Å². The Labute approximate surface area is 176 Å². The van der Waals surface area contributed by atoms with Gasteiger partial charge in [0.2, 0.25) is 0 Å². The van der Waals surface area contributed by atoms with Crippen molar-refractivity contribution in [3.63, 3.8) is 0 Å². The molecule has 0 bridgehead atoms. The molecule has 3 rings (SSSR count). The molecule has 0 saturated carbocycles. The lowest BCUT2D eigenvalue weighted by Crippen LogP contribution is -2.10. The molecule has 0 aromatic heterocycles. The first-order valence-electron chi connectivity index (χ1n) is 10.6. The molecule has 152 valence electrons. The zero-order valence-electron chi connectivity index (χ0n) is 18.7. The lowest BCUT2D eigenvalue weighted by molar-refractivity contribution is 0.952. The van der Waals surface area contributed by atoms with Crippen molar-refractivity contribution >= 4 is 11.4 Å². The van der Waals surface area contributed by atoms with Gasteiger partial charge in [-0.25, -0.2) is 0 Å². The van der Waals surface area contributed by atoms with Crippen LogP contribution in [0.1, 0.15) is 47.6 Å². The van der Waals surface area contributed by atoms with Crippen LogP contribution in [0.5, 0.6) is 0 Å². The average Bonchev–Trinajstić information content (AvgIpc) is 2.74. The van der Waals surface area contributed by atoms with E-state index in [2.05, 4.69) is 119 Å². The highest BCUT2D eigenvalue weighted by Crippen LogP contribution is 2.35. The van der Waals surface area contributed by atoms with Gasteiger partial charge in [0.1, 0.15) is 0 Å². The van der Waals surface area contributed by atoms with Gasteiger partial charge in [0.15, 0.2) is 0 Å². The zero-order valence-corrected chi connectivity index (χ0v) is 18.7. The fraction of sp³-hybridized carbons (Fsp3) is 0.333. The van der Waals surface area contributed by atoms with Crippen LogP contribution in [0.2, 0.25) is 0 Å². The number of benzene rings is 3. The van der Waals surface area contributed by atoms with Gasteiger partial charge in [-0.1, -0.05) is 56.3 Å². The van der Waals surface area contributed by atoms with Crippen LogP contribution < -0.4 is 9.80 Å². The molecule has 0 aliphatic heterocycles. The monoisotopic (exact) mass is 386 g/mol. The number of aryl methyl sites for hydroxylation is 2. The van der Waals surface area contributed by atoms with Crippen LogP contribution in [0.3, 0.4) is 0 Å². The van der Waals surface area contributed by atoms with E-state index in [0.717, 1.165) is 12.8 Å². The molecule has 2 nitrogen and oxygen atoms in total. The second kappa shape index (κ2) is 9.17. The molecule has 0 heterocycles. The summed E-state index contributed by atoms with van der Waals surface area (Å²) in [6.07, 6.45) is 2.12. The molecule has 0 radical (unpaired) electrons. The predicted octanol–water partition coefficient (Wildman–Crippen LogP) is 6.12. The maximum absolute atomic E-state index is 2.39. The maximum Gasteiger partial charge on any atom is 0.0361 e. The van der Waals surface area contributed by atoms with E-state index in [1.165, 1.54) is 39.2 Å². The number of anilines is 2. The SMILES string of the molecule is CCc1cc(CC)cc(C(c2ccc(N(C)C)cc2)c2ccc(N(C)C)cc2)c1. The van der Waals surface area contributed by atoms with Gasteiger partial charge in [-0.2, -0.15) is 0 Å². The molecule has 0 amide bonds. The largest absolute Gasteiger partial charge is 0.378 e. The van der Waals surface area contributed by atoms with E-state index in [-0.39, 0.29) is 5.92 Å². The Kier molecular flexibility index (Phi) is 6.64. The van der Waals surface area contributed by atoms with Crippen molar-refractivity contribution in [1.82, 2.24) is 0 Å². The third-order valence-electron chi connectivity index (χ3n) is 5.71. The summed E-state index contributed by atoms with van der Waals surface area (Å²) >= 11 is 0. The summed E-state index contributed by atoms with van der Waals surface area (Å²) in [6.45, 7) is 4.48. The van der Waals surface area contributed by atoms with Crippen LogP contribution >= 0.6 is 0 Å². The highest BCUT2D eigenvalue weighted by molar-refractivity contribution is 5.54. The van der Waals surface area contributed by atoms with Crippen molar-refractivity contribution in [2.75, 3.05) is 38.0 Å². The van der Waals surface area contributed by atoms with Crippen LogP contribution in [0.15, 0.2) is 66.7 Å². The number of hydrogen-bond donors (Lipinski definition) is 0. The standard InChI is InChI=1S/C27H34N2/c1-7-20-17-21(8-2)19-24(18-20)27(22-9-13-25(14-10-22)28(3)4)23-11-15-26(16-12-23)29(5)6/h9-19,27H,7-8H2,1-6H3. The molecule has 0 atom stereocenters. The van der Waals surface area contributed by atoms with Crippen LogP contribution in [0.4, 0.5) is 11.4 Å². The minimum absolute atomic E-state index is 0.235. The maximum atomic E-state index is 2.39. The van der Waals surface area contributed by atoms with Gasteiger partial charge >= 0.3 is 0 Å². The van der Waals surface area contributed by atoms with Crippen molar-refractivity contribution in [2.24, 2.45) is 0 Å². The van der Waals surface area contributed by atoms with Crippen molar-refractivity contribution in [2.45, 2.75) is 32.6 Å². The second-order valence-electron chi connectivity index (χ2n) is 8.19. The summed E-state index contributed by atoms with van der Waals surface area (Å²) < 4.78 is 0. The molecule has 3 aromatic rings. The Morgan fingerprint density at radius 3 is 1.24 bits per heavy atom. The highest BCUT2D eigenvalue weighted by Gasteiger charge is 2.18. The van der Waals surface area contributed by atoms with Crippen molar-refractivity contribution in [3.8, 4) is 0 Å². The number of nitrogens with zero attached hydrogens (tertiary/aromatic N) is 2. The molecule has 2 heteroatoms. The summed E-state index contributed by atoms with van der Waals surface area (Å²) in [5.74, 6) is 0.235. The minimum atomic E-state index is 0.235. The summed E-state index contributed by atoms with van der Waals surface area (Å²) in [7, 11) is 8.35. The van der Waals surface area contributed by atoms with E-state index < -0.39 is 0 Å². The Hall–Kier alpha value is -2.74. The first-order valence-corrected chi connectivity index (χ1v) is 10.6. The Balaban J connectivity index is 2.13. The smallest absolute Gasteiger partial charge is 0.0361 e.